The highest BCUT2D eigenvalue weighted by atomic mass is 16.5. The first-order valence-corrected chi connectivity index (χ1v) is 12.8. The number of carbonyl (C=O) groups is 1. The van der Waals surface area contributed by atoms with Crippen molar-refractivity contribution in [3.8, 4) is 0 Å². The second-order valence-corrected chi connectivity index (χ2v) is 12.2. The summed E-state index contributed by atoms with van der Waals surface area (Å²) in [5.74, 6) is 4.16. The lowest BCUT2D eigenvalue weighted by atomic mass is 9.44. The molecule has 0 spiro atoms. The Morgan fingerprint density at radius 3 is 2.47 bits per heavy atom. The number of hydrogen-bond donors (Lipinski definition) is 1. The minimum atomic E-state index is -0.180. The highest BCUT2D eigenvalue weighted by Gasteiger charge is 2.63. The molecule has 4 heteroatoms. The molecule has 0 amide bonds. The number of fused-ring (bicyclic) bond motifs is 5. The molecule has 1 aliphatic heterocycles. The van der Waals surface area contributed by atoms with Crippen molar-refractivity contribution in [2.75, 3.05) is 26.3 Å². The lowest BCUT2D eigenvalue weighted by Gasteiger charge is -2.62. The van der Waals surface area contributed by atoms with Gasteiger partial charge in [-0.1, -0.05) is 20.8 Å². The molecule has 1 heterocycles. The van der Waals surface area contributed by atoms with Gasteiger partial charge in [0.25, 0.3) is 0 Å². The van der Waals surface area contributed by atoms with Crippen molar-refractivity contribution in [2.45, 2.75) is 84.8 Å². The van der Waals surface area contributed by atoms with Crippen molar-refractivity contribution in [1.29, 1.82) is 0 Å². The van der Waals surface area contributed by atoms with E-state index in [1.165, 1.54) is 32.1 Å². The van der Waals surface area contributed by atoms with E-state index in [1.807, 2.05) is 6.92 Å². The lowest BCUT2D eigenvalue weighted by Crippen LogP contribution is -2.60. The molecule has 0 aromatic heterocycles. The Morgan fingerprint density at radius 1 is 1.03 bits per heavy atom. The summed E-state index contributed by atoms with van der Waals surface area (Å²) in [6, 6.07) is 0.301. The van der Waals surface area contributed by atoms with Gasteiger partial charge >= 0.3 is 0 Å². The van der Waals surface area contributed by atoms with Crippen molar-refractivity contribution in [3.05, 3.63) is 0 Å². The van der Waals surface area contributed by atoms with Crippen molar-refractivity contribution in [3.63, 3.8) is 0 Å². The summed E-state index contributed by atoms with van der Waals surface area (Å²) in [4.78, 5) is 15.1. The normalized spacial score (nSPS) is 54.2. The highest BCUT2D eigenvalue weighted by Crippen LogP contribution is 2.68. The number of nitrogens with zero attached hydrogens (tertiary/aromatic N) is 1. The quantitative estimate of drug-likeness (QED) is 0.733. The molecule has 4 nitrogen and oxygen atoms in total. The summed E-state index contributed by atoms with van der Waals surface area (Å²) in [6.45, 7) is 12.8. The van der Waals surface area contributed by atoms with Gasteiger partial charge in [0.15, 0.2) is 0 Å². The SMILES string of the molecule is CC(=O)[C@H]1[C@H](C)C[C@H]2[C@@H]3CC[C@H]4C[C@H](O)[C@@H](N5CCOCC5)C[C@]4(C)[C@H]3CC[C@@]21C. The van der Waals surface area contributed by atoms with Gasteiger partial charge in [0.05, 0.1) is 19.3 Å². The summed E-state index contributed by atoms with van der Waals surface area (Å²) in [5.41, 5.74) is 0.553. The maximum atomic E-state index is 12.6. The molecule has 30 heavy (non-hydrogen) atoms. The van der Waals surface area contributed by atoms with E-state index in [0.717, 1.165) is 51.0 Å². The van der Waals surface area contributed by atoms with Crippen LogP contribution in [0.1, 0.15) is 72.6 Å². The minimum absolute atomic E-state index is 0.180. The average Bonchev–Trinajstić information content (AvgIpc) is 2.99. The Labute approximate surface area is 183 Å². The van der Waals surface area contributed by atoms with Crippen LogP contribution in [0.15, 0.2) is 0 Å². The van der Waals surface area contributed by atoms with Gasteiger partial charge in [-0.25, -0.2) is 0 Å². The summed E-state index contributed by atoms with van der Waals surface area (Å²) in [5, 5.41) is 11.1. The van der Waals surface area contributed by atoms with Crippen LogP contribution in [0.5, 0.6) is 0 Å². The molecule has 5 fully saturated rings. The molecule has 4 aliphatic carbocycles. The van der Waals surface area contributed by atoms with Gasteiger partial charge < -0.3 is 9.84 Å². The topological polar surface area (TPSA) is 49.8 Å². The van der Waals surface area contributed by atoms with Crippen LogP contribution in [0.4, 0.5) is 0 Å². The molecular weight excluding hydrogens is 374 g/mol. The smallest absolute Gasteiger partial charge is 0.133 e. The van der Waals surface area contributed by atoms with E-state index in [2.05, 4.69) is 25.7 Å². The van der Waals surface area contributed by atoms with Crippen LogP contribution < -0.4 is 0 Å². The molecule has 4 saturated carbocycles. The van der Waals surface area contributed by atoms with Gasteiger partial charge in [0.2, 0.25) is 0 Å². The number of carbonyl (C=O) groups excluding carboxylic acids is 1. The number of aliphatic hydroxyl groups excluding tert-OH is 1. The van der Waals surface area contributed by atoms with Gasteiger partial charge in [0, 0.05) is 25.0 Å². The first-order valence-electron chi connectivity index (χ1n) is 12.8. The maximum absolute atomic E-state index is 12.6. The first kappa shape index (κ1) is 21.4. The molecule has 5 rings (SSSR count). The molecule has 170 valence electrons. The van der Waals surface area contributed by atoms with Crippen molar-refractivity contribution < 1.29 is 14.6 Å². The van der Waals surface area contributed by atoms with Crippen LogP contribution in [0, 0.1) is 46.3 Å². The van der Waals surface area contributed by atoms with Gasteiger partial charge in [0.1, 0.15) is 5.78 Å². The van der Waals surface area contributed by atoms with E-state index in [0.29, 0.717) is 35.0 Å². The van der Waals surface area contributed by atoms with Gasteiger partial charge in [-0.15, -0.1) is 0 Å². The van der Waals surface area contributed by atoms with Crippen LogP contribution in [0.25, 0.3) is 0 Å². The van der Waals surface area contributed by atoms with E-state index in [9.17, 15) is 9.90 Å². The van der Waals surface area contributed by atoms with Crippen LogP contribution in [-0.4, -0.2) is 54.2 Å². The molecule has 5 aliphatic rings. The maximum Gasteiger partial charge on any atom is 0.133 e. The number of morpholine rings is 1. The van der Waals surface area contributed by atoms with Gasteiger partial charge in [-0.05, 0) is 92.3 Å². The van der Waals surface area contributed by atoms with E-state index >= 15 is 0 Å². The Kier molecular flexibility index (Phi) is 5.39. The standard InChI is InChI=1S/C26H43NO3/c1-16-13-21-19-6-5-18-14-23(29)22(27-9-11-30-12-10-27)15-26(18,4)20(19)7-8-25(21,3)24(16)17(2)28/h16,18-24,29H,5-15H2,1-4H3/t16-,18+,19-,20+,21+,22+,23+,24-,25+,26+/m1/s1. The molecule has 0 unspecified atom stereocenters. The molecular formula is C26H43NO3. The second-order valence-electron chi connectivity index (χ2n) is 12.2. The second kappa shape index (κ2) is 7.56. The predicted molar refractivity (Wildman–Crippen MR) is 118 cm³/mol. The predicted octanol–water partition coefficient (Wildman–Crippen LogP) is 4.15. The highest BCUT2D eigenvalue weighted by molar-refractivity contribution is 5.80. The summed E-state index contributed by atoms with van der Waals surface area (Å²) in [6.07, 6.45) is 8.30. The zero-order valence-electron chi connectivity index (χ0n) is 19.6. The molecule has 1 N–H and O–H groups in total. The lowest BCUT2D eigenvalue weighted by molar-refractivity contribution is -0.156. The molecule has 1 saturated heterocycles. The summed E-state index contributed by atoms with van der Waals surface area (Å²) in [7, 11) is 0. The van der Waals surface area contributed by atoms with Crippen molar-refractivity contribution in [2.24, 2.45) is 46.3 Å². The number of ketones is 1. The van der Waals surface area contributed by atoms with Crippen LogP contribution in [-0.2, 0) is 9.53 Å². The molecule has 0 radical (unpaired) electrons. The summed E-state index contributed by atoms with van der Waals surface area (Å²) >= 11 is 0. The Bertz CT molecular complexity index is 675. The third kappa shape index (κ3) is 3.07. The van der Waals surface area contributed by atoms with E-state index in [4.69, 9.17) is 4.74 Å². The third-order valence-corrected chi connectivity index (χ3v) is 11.0. The molecule has 0 aromatic carbocycles. The number of hydrogen-bond acceptors (Lipinski definition) is 4. The fourth-order valence-corrected chi connectivity index (χ4v) is 9.79. The van der Waals surface area contributed by atoms with Gasteiger partial charge in [-0.2, -0.15) is 0 Å². The molecule has 10 atom stereocenters. The Morgan fingerprint density at radius 2 is 1.77 bits per heavy atom. The Balaban J connectivity index is 1.41. The van der Waals surface area contributed by atoms with E-state index in [1.54, 1.807) is 0 Å². The van der Waals surface area contributed by atoms with Crippen LogP contribution in [0.3, 0.4) is 0 Å². The number of ether oxygens (including phenoxy) is 1. The average molecular weight is 418 g/mol. The van der Waals surface area contributed by atoms with Crippen molar-refractivity contribution in [1.82, 2.24) is 4.90 Å². The Hall–Kier alpha value is -0.450. The van der Waals surface area contributed by atoms with Crippen molar-refractivity contribution >= 4 is 5.78 Å². The zero-order chi connectivity index (χ0) is 21.3. The molecule has 0 bridgehead atoms. The van der Waals surface area contributed by atoms with Crippen LogP contribution >= 0.6 is 0 Å². The monoisotopic (exact) mass is 417 g/mol. The van der Waals surface area contributed by atoms with Gasteiger partial charge in [-0.3, -0.25) is 9.69 Å². The zero-order valence-corrected chi connectivity index (χ0v) is 19.6. The van der Waals surface area contributed by atoms with E-state index < -0.39 is 0 Å². The number of aliphatic hydroxyl groups is 1. The third-order valence-electron chi connectivity index (χ3n) is 11.0. The molecule has 0 aromatic rings. The summed E-state index contributed by atoms with van der Waals surface area (Å²) < 4.78 is 5.59. The minimum Gasteiger partial charge on any atom is -0.391 e. The van der Waals surface area contributed by atoms with E-state index in [-0.39, 0.29) is 17.4 Å². The number of Topliss-reactive ketones (excluding diaryl/α,β-unsaturated/α-hetero) is 1. The number of rotatable bonds is 2. The first-order chi connectivity index (χ1) is 14.3. The largest absolute Gasteiger partial charge is 0.391 e. The fourth-order valence-electron chi connectivity index (χ4n) is 9.79. The fraction of sp³-hybridized carbons (Fsp3) is 0.962. The van der Waals surface area contributed by atoms with Crippen LogP contribution in [0.2, 0.25) is 0 Å².